The summed E-state index contributed by atoms with van der Waals surface area (Å²) in [5.41, 5.74) is 0.645. The topological polar surface area (TPSA) is 73.1 Å². The molecule has 3 rings (SSSR count). The first-order chi connectivity index (χ1) is 10.3. The summed E-state index contributed by atoms with van der Waals surface area (Å²) in [5.74, 6) is 1.15. The van der Waals surface area contributed by atoms with Gasteiger partial charge in [-0.05, 0) is 25.1 Å². The van der Waals surface area contributed by atoms with E-state index in [0.29, 0.717) is 35.6 Å². The molecular weight excluding hydrogens is 292 g/mol. The lowest BCUT2D eigenvalue weighted by atomic mass is 10.0. The average Bonchev–Trinajstić information content (AvgIpc) is 3.14. The maximum absolute atomic E-state index is 5.82. The van der Waals surface area contributed by atoms with Crippen LogP contribution in [-0.4, -0.2) is 40.9 Å². The van der Waals surface area contributed by atoms with Crippen LogP contribution >= 0.6 is 11.6 Å². The molecule has 0 saturated carbocycles. The monoisotopic (exact) mass is 308 g/mol. The van der Waals surface area contributed by atoms with Gasteiger partial charge in [-0.2, -0.15) is 4.98 Å². The number of hydrogen-bond donors (Lipinski definition) is 1. The second-order valence-corrected chi connectivity index (χ2v) is 5.46. The summed E-state index contributed by atoms with van der Waals surface area (Å²) in [5, 5.41) is 8.03. The molecule has 112 valence electrons. The summed E-state index contributed by atoms with van der Waals surface area (Å²) >= 11 is 5.82. The zero-order valence-electron chi connectivity index (χ0n) is 11.8. The van der Waals surface area contributed by atoms with Crippen molar-refractivity contribution in [1.82, 2.24) is 20.4 Å². The molecule has 2 aromatic rings. The van der Waals surface area contributed by atoms with Gasteiger partial charge in [0, 0.05) is 12.2 Å². The summed E-state index contributed by atoms with van der Waals surface area (Å²) in [4.78, 5) is 8.64. The van der Waals surface area contributed by atoms with Crippen LogP contribution in [0.25, 0.3) is 11.5 Å². The third kappa shape index (κ3) is 3.23. The van der Waals surface area contributed by atoms with Crippen LogP contribution in [0.2, 0.25) is 5.02 Å². The maximum atomic E-state index is 5.82. The minimum atomic E-state index is 0.0881. The van der Waals surface area contributed by atoms with Gasteiger partial charge in [0.15, 0.2) is 0 Å². The molecule has 3 heterocycles. The molecule has 2 atom stereocenters. The molecule has 0 amide bonds. The Bertz CT molecular complexity index is 587. The standard InChI is InChI=1S/C14H17ClN4O2/c1-2-5-16-12-8-20-7-10(12)14-18-13(19-21-14)11-4-3-9(15)6-17-11/h3-4,6,10,12,16H,2,5,7-8H2,1H3. The maximum Gasteiger partial charge on any atom is 0.234 e. The second kappa shape index (κ2) is 6.51. The van der Waals surface area contributed by atoms with E-state index in [1.54, 1.807) is 18.3 Å². The Kier molecular flexibility index (Phi) is 4.48. The number of hydrogen-bond acceptors (Lipinski definition) is 6. The Hall–Kier alpha value is -1.50. The molecule has 1 fully saturated rings. The molecule has 6 nitrogen and oxygen atoms in total. The number of aromatic nitrogens is 3. The van der Waals surface area contributed by atoms with Crippen molar-refractivity contribution in [2.45, 2.75) is 25.3 Å². The van der Waals surface area contributed by atoms with Crippen molar-refractivity contribution in [2.24, 2.45) is 0 Å². The van der Waals surface area contributed by atoms with Crippen LogP contribution in [0.4, 0.5) is 0 Å². The van der Waals surface area contributed by atoms with Crippen molar-refractivity contribution in [3.8, 4) is 11.5 Å². The van der Waals surface area contributed by atoms with Crippen molar-refractivity contribution >= 4 is 11.6 Å². The lowest BCUT2D eigenvalue weighted by Crippen LogP contribution is -2.34. The van der Waals surface area contributed by atoms with Crippen LogP contribution < -0.4 is 5.32 Å². The zero-order chi connectivity index (χ0) is 14.7. The van der Waals surface area contributed by atoms with Gasteiger partial charge in [-0.25, -0.2) is 0 Å². The van der Waals surface area contributed by atoms with Gasteiger partial charge in [-0.3, -0.25) is 4.98 Å². The first-order valence-corrected chi connectivity index (χ1v) is 7.42. The largest absolute Gasteiger partial charge is 0.379 e. The van der Waals surface area contributed by atoms with Crippen molar-refractivity contribution in [1.29, 1.82) is 0 Å². The summed E-state index contributed by atoms with van der Waals surface area (Å²) in [6.07, 6.45) is 2.64. The van der Waals surface area contributed by atoms with Gasteiger partial charge in [0.1, 0.15) is 5.69 Å². The molecule has 2 unspecified atom stereocenters. The molecule has 0 bridgehead atoms. The van der Waals surface area contributed by atoms with Crippen LogP contribution in [0.1, 0.15) is 25.2 Å². The van der Waals surface area contributed by atoms with E-state index >= 15 is 0 Å². The van der Waals surface area contributed by atoms with E-state index in [1.165, 1.54) is 0 Å². The van der Waals surface area contributed by atoms with Crippen molar-refractivity contribution < 1.29 is 9.26 Å². The molecule has 7 heteroatoms. The number of nitrogens with zero attached hydrogens (tertiary/aromatic N) is 3. The van der Waals surface area contributed by atoms with Crippen molar-refractivity contribution in [3.05, 3.63) is 29.2 Å². The molecule has 1 aliphatic heterocycles. The fourth-order valence-corrected chi connectivity index (χ4v) is 2.44. The molecule has 0 aromatic carbocycles. The van der Waals surface area contributed by atoms with Gasteiger partial charge < -0.3 is 14.6 Å². The van der Waals surface area contributed by atoms with E-state index in [9.17, 15) is 0 Å². The van der Waals surface area contributed by atoms with Gasteiger partial charge in [-0.15, -0.1) is 0 Å². The van der Waals surface area contributed by atoms with Gasteiger partial charge in [0.05, 0.1) is 24.2 Å². The minimum absolute atomic E-state index is 0.0881. The van der Waals surface area contributed by atoms with Crippen molar-refractivity contribution in [3.63, 3.8) is 0 Å². The van der Waals surface area contributed by atoms with E-state index in [1.807, 2.05) is 0 Å². The Balaban J connectivity index is 1.76. The van der Waals surface area contributed by atoms with Crippen LogP contribution in [0.15, 0.2) is 22.9 Å². The lowest BCUT2D eigenvalue weighted by molar-refractivity contribution is 0.184. The minimum Gasteiger partial charge on any atom is -0.379 e. The van der Waals surface area contributed by atoms with E-state index in [4.69, 9.17) is 20.9 Å². The number of ether oxygens (including phenoxy) is 1. The highest BCUT2D eigenvalue weighted by atomic mass is 35.5. The Morgan fingerprint density at radius 2 is 2.29 bits per heavy atom. The van der Waals surface area contributed by atoms with E-state index in [0.717, 1.165) is 13.0 Å². The van der Waals surface area contributed by atoms with E-state index < -0.39 is 0 Å². The molecule has 2 aromatic heterocycles. The predicted molar refractivity (Wildman–Crippen MR) is 78.2 cm³/mol. The predicted octanol–water partition coefficient (Wildman–Crippen LogP) is 2.27. The average molecular weight is 309 g/mol. The summed E-state index contributed by atoms with van der Waals surface area (Å²) in [6.45, 7) is 4.34. The Morgan fingerprint density at radius 3 is 3.05 bits per heavy atom. The fourth-order valence-electron chi connectivity index (χ4n) is 2.33. The third-order valence-corrected chi connectivity index (χ3v) is 3.68. The number of nitrogens with one attached hydrogen (secondary N) is 1. The highest BCUT2D eigenvalue weighted by Gasteiger charge is 2.33. The van der Waals surface area contributed by atoms with Crippen LogP contribution in [-0.2, 0) is 4.74 Å². The summed E-state index contributed by atoms with van der Waals surface area (Å²) in [6, 6.07) is 3.75. The quantitative estimate of drug-likeness (QED) is 0.913. The third-order valence-electron chi connectivity index (χ3n) is 3.45. The van der Waals surface area contributed by atoms with Gasteiger partial charge in [0.2, 0.25) is 11.7 Å². The van der Waals surface area contributed by atoms with E-state index in [2.05, 4.69) is 27.4 Å². The summed E-state index contributed by atoms with van der Waals surface area (Å²) in [7, 11) is 0. The molecular formula is C14H17ClN4O2. The highest BCUT2D eigenvalue weighted by molar-refractivity contribution is 6.30. The fraction of sp³-hybridized carbons (Fsp3) is 0.500. The zero-order valence-corrected chi connectivity index (χ0v) is 12.5. The Morgan fingerprint density at radius 1 is 1.38 bits per heavy atom. The molecule has 21 heavy (non-hydrogen) atoms. The SMILES string of the molecule is CCCNC1COCC1c1nc(-c2ccc(Cl)cn2)no1. The number of rotatable bonds is 5. The normalized spacial score (nSPS) is 21.8. The van der Waals surface area contributed by atoms with Gasteiger partial charge in [0.25, 0.3) is 0 Å². The Labute approximate surface area is 127 Å². The lowest BCUT2D eigenvalue weighted by Gasteiger charge is -2.14. The molecule has 0 aliphatic carbocycles. The molecule has 1 N–H and O–H groups in total. The molecule has 1 aliphatic rings. The van der Waals surface area contributed by atoms with Crippen LogP contribution in [0.5, 0.6) is 0 Å². The van der Waals surface area contributed by atoms with E-state index in [-0.39, 0.29) is 12.0 Å². The molecule has 0 spiro atoms. The molecule has 0 radical (unpaired) electrons. The number of halogens is 1. The first-order valence-electron chi connectivity index (χ1n) is 7.04. The summed E-state index contributed by atoms with van der Waals surface area (Å²) < 4.78 is 10.9. The van der Waals surface area contributed by atoms with Crippen molar-refractivity contribution in [2.75, 3.05) is 19.8 Å². The van der Waals surface area contributed by atoms with Gasteiger partial charge in [-0.1, -0.05) is 23.7 Å². The molecule has 1 saturated heterocycles. The smallest absolute Gasteiger partial charge is 0.234 e. The van der Waals surface area contributed by atoms with Crippen LogP contribution in [0.3, 0.4) is 0 Å². The second-order valence-electron chi connectivity index (χ2n) is 5.02. The highest BCUT2D eigenvalue weighted by Crippen LogP contribution is 2.26. The first kappa shape index (κ1) is 14.4. The van der Waals surface area contributed by atoms with Crippen LogP contribution in [0, 0.1) is 0 Å². The number of pyridine rings is 1. The van der Waals surface area contributed by atoms with Gasteiger partial charge >= 0.3 is 0 Å².